The molecule has 0 atom stereocenters. The second-order valence-electron chi connectivity index (χ2n) is 6.22. The number of unbranched alkanes of at least 4 members (excludes halogenated alkanes) is 1. The van der Waals surface area contributed by atoms with Gasteiger partial charge in [0.1, 0.15) is 0 Å². The van der Waals surface area contributed by atoms with Gasteiger partial charge in [-0.25, -0.2) is 4.98 Å². The van der Waals surface area contributed by atoms with E-state index in [1.165, 1.54) is 0 Å². The molecular formula is C19H23NO3. The standard InChI is InChI=1S/C19H23NO3/c1-19(2,18(21)22)13-6-7-14-23-17-12-8-11-16(20-17)15-9-4-3-5-10-15/h3-5,8-12H,6-7,13-14H2,1-2H3,(H,21,22). The summed E-state index contributed by atoms with van der Waals surface area (Å²) in [4.78, 5) is 15.5. The van der Waals surface area contributed by atoms with Crippen molar-refractivity contribution in [3.8, 4) is 17.1 Å². The van der Waals surface area contributed by atoms with Crippen LogP contribution in [0.1, 0.15) is 33.1 Å². The fraction of sp³-hybridized carbons (Fsp3) is 0.368. The van der Waals surface area contributed by atoms with E-state index in [1.54, 1.807) is 13.8 Å². The number of aliphatic carboxylic acids is 1. The van der Waals surface area contributed by atoms with Crippen LogP contribution >= 0.6 is 0 Å². The van der Waals surface area contributed by atoms with Crippen molar-refractivity contribution in [1.82, 2.24) is 4.98 Å². The Morgan fingerprint density at radius 3 is 2.52 bits per heavy atom. The van der Waals surface area contributed by atoms with E-state index in [0.717, 1.165) is 24.1 Å². The number of hydrogen-bond acceptors (Lipinski definition) is 3. The smallest absolute Gasteiger partial charge is 0.309 e. The maximum atomic E-state index is 11.0. The molecule has 122 valence electrons. The van der Waals surface area contributed by atoms with Gasteiger partial charge in [-0.15, -0.1) is 0 Å². The number of aromatic nitrogens is 1. The highest BCUT2D eigenvalue weighted by Gasteiger charge is 2.25. The van der Waals surface area contributed by atoms with E-state index < -0.39 is 11.4 Å². The lowest BCUT2D eigenvalue weighted by Gasteiger charge is -2.18. The van der Waals surface area contributed by atoms with Gasteiger partial charge in [0.05, 0.1) is 17.7 Å². The van der Waals surface area contributed by atoms with Crippen molar-refractivity contribution < 1.29 is 14.6 Å². The van der Waals surface area contributed by atoms with Crippen molar-refractivity contribution in [1.29, 1.82) is 0 Å². The zero-order valence-electron chi connectivity index (χ0n) is 13.7. The molecule has 0 aliphatic carbocycles. The molecule has 2 aromatic rings. The van der Waals surface area contributed by atoms with Crippen LogP contribution in [0.4, 0.5) is 0 Å². The van der Waals surface area contributed by atoms with Crippen LogP contribution in [0.15, 0.2) is 48.5 Å². The second-order valence-corrected chi connectivity index (χ2v) is 6.22. The molecule has 1 aromatic carbocycles. The highest BCUT2D eigenvalue weighted by atomic mass is 16.5. The normalized spacial score (nSPS) is 11.2. The molecule has 1 aromatic heterocycles. The SMILES string of the molecule is CC(C)(CCCCOc1cccc(-c2ccccc2)n1)C(=O)O. The topological polar surface area (TPSA) is 59.4 Å². The Morgan fingerprint density at radius 1 is 1.09 bits per heavy atom. The summed E-state index contributed by atoms with van der Waals surface area (Å²) in [5, 5.41) is 9.07. The molecule has 0 unspecified atom stereocenters. The van der Waals surface area contributed by atoms with Crippen LogP contribution in [0.25, 0.3) is 11.3 Å². The van der Waals surface area contributed by atoms with Crippen LogP contribution in [0.3, 0.4) is 0 Å². The van der Waals surface area contributed by atoms with Gasteiger partial charge in [0, 0.05) is 11.6 Å². The number of rotatable bonds is 8. The lowest BCUT2D eigenvalue weighted by atomic mass is 9.87. The van der Waals surface area contributed by atoms with Crippen molar-refractivity contribution in [2.24, 2.45) is 5.41 Å². The third kappa shape index (κ3) is 5.09. The van der Waals surface area contributed by atoms with Gasteiger partial charge < -0.3 is 9.84 Å². The molecule has 2 rings (SSSR count). The summed E-state index contributed by atoms with van der Waals surface area (Å²) in [6, 6.07) is 15.7. The predicted molar refractivity (Wildman–Crippen MR) is 90.4 cm³/mol. The summed E-state index contributed by atoms with van der Waals surface area (Å²) >= 11 is 0. The Labute approximate surface area is 137 Å². The Balaban J connectivity index is 1.82. The van der Waals surface area contributed by atoms with Gasteiger partial charge in [-0.05, 0) is 39.2 Å². The molecule has 0 saturated heterocycles. The van der Waals surface area contributed by atoms with E-state index in [1.807, 2.05) is 48.5 Å². The highest BCUT2D eigenvalue weighted by Crippen LogP contribution is 2.23. The van der Waals surface area contributed by atoms with Gasteiger partial charge in [0.25, 0.3) is 0 Å². The van der Waals surface area contributed by atoms with Gasteiger partial charge in [-0.2, -0.15) is 0 Å². The van der Waals surface area contributed by atoms with Gasteiger partial charge in [-0.1, -0.05) is 36.4 Å². The minimum absolute atomic E-state index is 0.543. The highest BCUT2D eigenvalue weighted by molar-refractivity contribution is 5.73. The van der Waals surface area contributed by atoms with Gasteiger partial charge in [0.15, 0.2) is 0 Å². The summed E-state index contributed by atoms with van der Waals surface area (Å²) < 4.78 is 5.68. The minimum atomic E-state index is -0.754. The number of nitrogens with zero attached hydrogens (tertiary/aromatic N) is 1. The summed E-state index contributed by atoms with van der Waals surface area (Å²) in [5.41, 5.74) is 1.27. The molecule has 1 N–H and O–H groups in total. The number of carboxylic acids is 1. The third-order valence-corrected chi connectivity index (χ3v) is 3.82. The Kier molecular flexibility index (Phi) is 5.74. The number of pyridine rings is 1. The molecule has 0 amide bonds. The van der Waals surface area contributed by atoms with E-state index in [-0.39, 0.29) is 0 Å². The maximum Gasteiger partial charge on any atom is 0.309 e. The average molecular weight is 313 g/mol. The molecule has 4 heteroatoms. The Bertz CT molecular complexity index is 638. The van der Waals surface area contributed by atoms with Crippen LogP contribution in [-0.2, 0) is 4.79 Å². The summed E-state index contributed by atoms with van der Waals surface area (Å²) in [6.07, 6.45) is 2.27. The molecule has 0 saturated carbocycles. The third-order valence-electron chi connectivity index (χ3n) is 3.82. The van der Waals surface area contributed by atoms with Crippen LogP contribution in [0.5, 0.6) is 5.88 Å². The molecule has 0 aliphatic heterocycles. The summed E-state index contributed by atoms with van der Waals surface area (Å²) in [5.74, 6) is -0.153. The lowest BCUT2D eigenvalue weighted by molar-refractivity contribution is -0.147. The molecule has 0 aliphatic rings. The predicted octanol–water partition coefficient (Wildman–Crippen LogP) is 4.41. The molecular weight excluding hydrogens is 290 g/mol. The largest absolute Gasteiger partial charge is 0.481 e. The minimum Gasteiger partial charge on any atom is -0.481 e. The van der Waals surface area contributed by atoms with Gasteiger partial charge >= 0.3 is 5.97 Å². The Morgan fingerprint density at radius 2 is 1.83 bits per heavy atom. The van der Waals surface area contributed by atoms with Crippen LogP contribution in [0, 0.1) is 5.41 Å². The number of hydrogen-bond donors (Lipinski definition) is 1. The van der Waals surface area contributed by atoms with Crippen LogP contribution < -0.4 is 4.74 Å². The molecule has 0 bridgehead atoms. The fourth-order valence-corrected chi connectivity index (χ4v) is 2.22. The molecule has 23 heavy (non-hydrogen) atoms. The number of carbonyl (C=O) groups is 1. The first kappa shape index (κ1) is 17.0. The number of ether oxygens (including phenoxy) is 1. The average Bonchev–Trinajstić information content (AvgIpc) is 2.55. The van der Waals surface area contributed by atoms with Crippen molar-refractivity contribution in [2.75, 3.05) is 6.61 Å². The molecule has 1 heterocycles. The molecule has 4 nitrogen and oxygen atoms in total. The van der Waals surface area contributed by atoms with E-state index in [4.69, 9.17) is 9.84 Å². The van der Waals surface area contributed by atoms with E-state index in [0.29, 0.717) is 18.9 Å². The quantitative estimate of drug-likeness (QED) is 0.733. The van der Waals surface area contributed by atoms with Gasteiger partial charge in [-0.3, -0.25) is 4.79 Å². The van der Waals surface area contributed by atoms with E-state index in [2.05, 4.69) is 4.98 Å². The Hall–Kier alpha value is -2.36. The lowest BCUT2D eigenvalue weighted by Crippen LogP contribution is -2.23. The zero-order chi connectivity index (χ0) is 16.7. The van der Waals surface area contributed by atoms with Crippen LogP contribution in [-0.4, -0.2) is 22.7 Å². The molecule has 0 spiro atoms. The zero-order valence-corrected chi connectivity index (χ0v) is 13.7. The monoisotopic (exact) mass is 313 g/mol. The summed E-state index contributed by atoms with van der Waals surface area (Å²) in [6.45, 7) is 4.04. The first-order chi connectivity index (χ1) is 11.0. The first-order valence-corrected chi connectivity index (χ1v) is 7.88. The number of carboxylic acid groups (broad SMARTS) is 1. The van der Waals surface area contributed by atoms with Crippen LogP contribution in [0.2, 0.25) is 0 Å². The van der Waals surface area contributed by atoms with Crippen molar-refractivity contribution in [3.63, 3.8) is 0 Å². The van der Waals surface area contributed by atoms with Crippen molar-refractivity contribution in [2.45, 2.75) is 33.1 Å². The fourth-order valence-electron chi connectivity index (χ4n) is 2.22. The number of benzene rings is 1. The van der Waals surface area contributed by atoms with E-state index >= 15 is 0 Å². The second kappa shape index (κ2) is 7.77. The van der Waals surface area contributed by atoms with Crippen molar-refractivity contribution in [3.05, 3.63) is 48.5 Å². The van der Waals surface area contributed by atoms with E-state index in [9.17, 15) is 4.79 Å². The van der Waals surface area contributed by atoms with Crippen molar-refractivity contribution >= 4 is 5.97 Å². The molecule has 0 radical (unpaired) electrons. The van der Waals surface area contributed by atoms with Gasteiger partial charge in [0.2, 0.25) is 5.88 Å². The maximum absolute atomic E-state index is 11.0. The first-order valence-electron chi connectivity index (χ1n) is 7.88. The molecule has 0 fully saturated rings. The summed E-state index contributed by atoms with van der Waals surface area (Å²) in [7, 11) is 0.